The summed E-state index contributed by atoms with van der Waals surface area (Å²) in [5.74, 6) is -0.579. The Kier molecular flexibility index (Phi) is 14.1. The molecule has 0 atom stereocenters. The fourth-order valence-corrected chi connectivity index (χ4v) is 11.5. The number of benzene rings is 3. The van der Waals surface area contributed by atoms with Gasteiger partial charge in [-0.3, -0.25) is 9.69 Å². The van der Waals surface area contributed by atoms with Crippen LogP contribution in [-0.2, 0) is 20.9 Å². The molecular formula is C51H59ClF3N7O5S. The molecule has 3 N–H and O–H groups in total. The third-order valence-corrected chi connectivity index (χ3v) is 16.0. The number of piperidine rings is 1. The van der Waals surface area contributed by atoms with E-state index >= 15 is 0 Å². The molecule has 1 aliphatic carbocycles. The molecule has 3 fully saturated rings. The minimum Gasteiger partial charge on any atom is -0.455 e. The van der Waals surface area contributed by atoms with E-state index in [1.807, 2.05) is 22.9 Å². The van der Waals surface area contributed by atoms with E-state index < -0.39 is 32.6 Å². The number of nitrogens with one attached hydrogen (secondary N) is 3. The van der Waals surface area contributed by atoms with Crippen molar-refractivity contribution < 1.29 is 35.9 Å². The van der Waals surface area contributed by atoms with Gasteiger partial charge in [-0.1, -0.05) is 29.3 Å². The second kappa shape index (κ2) is 20.1. The van der Waals surface area contributed by atoms with Crippen LogP contribution >= 0.6 is 11.6 Å². The van der Waals surface area contributed by atoms with Crippen molar-refractivity contribution in [3.05, 3.63) is 112 Å². The van der Waals surface area contributed by atoms with Crippen LogP contribution in [0.2, 0.25) is 5.02 Å². The maximum atomic E-state index is 14.4. The van der Waals surface area contributed by atoms with Crippen molar-refractivity contribution in [1.82, 2.24) is 24.5 Å². The number of allylic oxidation sites excluding steroid dienone is 1. The summed E-state index contributed by atoms with van der Waals surface area (Å²) >= 11 is 6.32. The summed E-state index contributed by atoms with van der Waals surface area (Å²) in [5, 5.41) is 4.34. The summed E-state index contributed by atoms with van der Waals surface area (Å²) in [7, 11) is -4.79. The van der Waals surface area contributed by atoms with Crippen molar-refractivity contribution in [3.63, 3.8) is 0 Å². The zero-order valence-electron chi connectivity index (χ0n) is 38.5. The largest absolute Gasteiger partial charge is 0.455 e. The molecule has 0 saturated carbocycles. The summed E-state index contributed by atoms with van der Waals surface area (Å²) in [6, 6.07) is 20.0. The molecule has 1 spiro atoms. The topological polar surface area (TPSA) is 132 Å². The Morgan fingerprint density at radius 1 is 0.956 bits per heavy atom. The fourth-order valence-electron chi connectivity index (χ4n) is 10.3. The van der Waals surface area contributed by atoms with Gasteiger partial charge < -0.3 is 29.6 Å². The van der Waals surface area contributed by atoms with Gasteiger partial charge in [0.1, 0.15) is 17.1 Å². The first-order valence-corrected chi connectivity index (χ1v) is 25.5. The summed E-state index contributed by atoms with van der Waals surface area (Å²) < 4.78 is 84.3. The van der Waals surface area contributed by atoms with E-state index in [2.05, 4.69) is 56.0 Å². The highest BCUT2D eigenvalue weighted by Gasteiger charge is 2.40. The average Bonchev–Trinajstić information content (AvgIpc) is 3.80. The lowest BCUT2D eigenvalue weighted by atomic mass is 9.65. The van der Waals surface area contributed by atoms with Crippen molar-refractivity contribution in [2.45, 2.75) is 75.9 Å². The monoisotopic (exact) mass is 973 g/mol. The number of sulfonamides is 1. The number of anilines is 2. The lowest BCUT2D eigenvalue weighted by Crippen LogP contribution is -2.48. The van der Waals surface area contributed by atoms with E-state index in [1.165, 1.54) is 48.2 Å². The second-order valence-electron chi connectivity index (χ2n) is 19.1. The van der Waals surface area contributed by atoms with E-state index in [9.17, 15) is 26.4 Å². The smallest absolute Gasteiger partial charge is 0.418 e. The molecule has 3 aromatic carbocycles. The molecule has 362 valence electrons. The molecular weight excluding hydrogens is 915 g/mol. The molecule has 3 saturated heterocycles. The zero-order chi connectivity index (χ0) is 47.6. The SMILES string of the molecule is CC(C)N1CCC2(CCC(c3ccc(Cl)cc3)=C(CN3CCN(c4ccc(C(=O)NS(=O)(=O)c5ccc(NCC6CCOCC6)c(C(F)(F)F)c5)c(Oc5cnc6[nH]ccc6c5)c4)CC3)C2)CC1. The number of H-pyrrole nitrogens is 1. The first-order chi connectivity index (χ1) is 32.6. The Morgan fingerprint density at radius 3 is 2.43 bits per heavy atom. The molecule has 0 radical (unpaired) electrons. The first kappa shape index (κ1) is 47.9. The molecule has 9 rings (SSSR count). The van der Waals surface area contributed by atoms with Gasteiger partial charge in [0.05, 0.1) is 22.2 Å². The number of aromatic amines is 1. The molecule has 68 heavy (non-hydrogen) atoms. The van der Waals surface area contributed by atoms with Crippen LogP contribution in [0.5, 0.6) is 11.5 Å². The van der Waals surface area contributed by atoms with Crippen LogP contribution < -0.4 is 19.7 Å². The number of halogens is 4. The van der Waals surface area contributed by atoms with E-state index in [0.717, 1.165) is 73.8 Å². The number of amides is 1. The second-order valence-corrected chi connectivity index (χ2v) is 21.2. The number of hydrogen-bond acceptors (Lipinski definition) is 10. The van der Waals surface area contributed by atoms with Gasteiger partial charge in [0.15, 0.2) is 0 Å². The van der Waals surface area contributed by atoms with E-state index in [4.69, 9.17) is 21.1 Å². The predicted molar refractivity (Wildman–Crippen MR) is 260 cm³/mol. The van der Waals surface area contributed by atoms with Crippen molar-refractivity contribution in [2.75, 3.05) is 75.8 Å². The van der Waals surface area contributed by atoms with Gasteiger partial charge in [0.2, 0.25) is 0 Å². The lowest BCUT2D eigenvalue weighted by molar-refractivity contribution is -0.137. The molecule has 4 aliphatic rings. The number of fused-ring (bicyclic) bond motifs is 1. The highest BCUT2D eigenvalue weighted by atomic mass is 35.5. The number of hydrogen-bond donors (Lipinski definition) is 3. The summed E-state index contributed by atoms with van der Waals surface area (Å²) in [4.78, 5) is 28.1. The number of piperazine rings is 1. The first-order valence-electron chi connectivity index (χ1n) is 23.6. The summed E-state index contributed by atoms with van der Waals surface area (Å²) in [6.45, 7) is 12.0. The average molecular weight is 975 g/mol. The van der Waals surface area contributed by atoms with Gasteiger partial charge in [-0.05, 0) is 149 Å². The molecule has 5 aromatic rings. The number of pyridine rings is 1. The highest BCUT2D eigenvalue weighted by Crippen LogP contribution is 2.49. The van der Waals surface area contributed by atoms with Crippen LogP contribution in [0.1, 0.15) is 80.3 Å². The quantitative estimate of drug-likeness (QED) is 0.105. The number of aromatic nitrogens is 2. The van der Waals surface area contributed by atoms with Gasteiger partial charge in [0.25, 0.3) is 15.9 Å². The van der Waals surface area contributed by atoms with E-state index in [-0.39, 0.29) is 29.5 Å². The summed E-state index contributed by atoms with van der Waals surface area (Å²) in [5.41, 5.74) is 4.37. The Hall–Kier alpha value is -5.13. The van der Waals surface area contributed by atoms with Crippen LogP contribution in [0.15, 0.2) is 95.7 Å². The number of nitrogens with zero attached hydrogens (tertiary/aromatic N) is 4. The van der Waals surface area contributed by atoms with Crippen LogP contribution in [0.3, 0.4) is 0 Å². The van der Waals surface area contributed by atoms with Crippen LogP contribution in [0.4, 0.5) is 24.5 Å². The predicted octanol–water partition coefficient (Wildman–Crippen LogP) is 10.2. The molecule has 1 amide bonds. The van der Waals surface area contributed by atoms with Crippen molar-refractivity contribution >= 4 is 55.5 Å². The lowest BCUT2D eigenvalue weighted by Gasteiger charge is -2.47. The maximum Gasteiger partial charge on any atom is 0.418 e. The standard InChI is InChI=1S/C51H59ClF3N7O5S/c1-34(2)61-19-16-50(17-20-61)15-11-43(36-3-5-39(52)6-4-36)38(30-50)33-60-21-23-62(24-22-60)40-7-9-44(47(28-40)67-41-27-37-12-18-56-48(37)58-32-41)49(63)59-68(64,65)42-8-10-46(45(29-42)51(53,54)55)57-31-35-13-25-66-26-14-35/h3-10,12,18,27-29,32,34-35,57H,11,13-17,19-26,30-31,33H2,1-2H3,(H,56,58)(H,59,63). The number of carbonyl (C=O) groups excluding carboxylic acids is 1. The van der Waals surface area contributed by atoms with Crippen molar-refractivity contribution in [3.8, 4) is 11.5 Å². The van der Waals surface area contributed by atoms with Gasteiger partial charge >= 0.3 is 6.18 Å². The molecule has 5 heterocycles. The molecule has 3 aliphatic heterocycles. The molecule has 2 aromatic heterocycles. The van der Waals surface area contributed by atoms with Gasteiger partial charge in [-0.15, -0.1) is 0 Å². The molecule has 17 heteroatoms. The minimum absolute atomic E-state index is 0.0618. The van der Waals surface area contributed by atoms with Crippen LogP contribution in [0, 0.1) is 11.3 Å². The van der Waals surface area contributed by atoms with E-state index in [1.54, 1.807) is 24.4 Å². The van der Waals surface area contributed by atoms with Crippen LogP contribution in [0.25, 0.3) is 16.6 Å². The normalized spacial score (nSPS) is 19.0. The van der Waals surface area contributed by atoms with Crippen LogP contribution in [-0.4, -0.2) is 106 Å². The van der Waals surface area contributed by atoms with Gasteiger partial charge in [-0.25, -0.2) is 18.1 Å². The summed E-state index contributed by atoms with van der Waals surface area (Å²) in [6.07, 6.45) is 5.51. The highest BCUT2D eigenvalue weighted by molar-refractivity contribution is 7.90. The number of likely N-dealkylation sites (tertiary alicyclic amines) is 1. The molecule has 0 bridgehead atoms. The van der Waals surface area contributed by atoms with Crippen molar-refractivity contribution in [2.24, 2.45) is 11.3 Å². The Balaban J connectivity index is 0.930. The van der Waals surface area contributed by atoms with Gasteiger partial charge in [0, 0.05) is 92.6 Å². The molecule has 12 nitrogen and oxygen atoms in total. The maximum absolute atomic E-state index is 14.4. The Labute approximate surface area is 401 Å². The number of rotatable bonds is 13. The number of alkyl halides is 3. The third kappa shape index (κ3) is 11.0. The van der Waals surface area contributed by atoms with E-state index in [0.29, 0.717) is 68.1 Å². The zero-order valence-corrected chi connectivity index (χ0v) is 40.1. The fraction of sp³-hybridized carbons (Fsp3) is 0.451. The Morgan fingerprint density at radius 2 is 1.71 bits per heavy atom. The number of carbonyl (C=O) groups is 1. The minimum atomic E-state index is -4.87. The van der Waals surface area contributed by atoms with Crippen molar-refractivity contribution in [1.29, 1.82) is 0 Å². The Bertz CT molecular complexity index is 2740. The number of ether oxygens (including phenoxy) is 2. The van der Waals surface area contributed by atoms with Gasteiger partial charge in [-0.2, -0.15) is 13.2 Å². The third-order valence-electron chi connectivity index (χ3n) is 14.4. The molecule has 0 unspecified atom stereocenters.